The van der Waals surface area contributed by atoms with Gasteiger partial charge in [0, 0.05) is 0 Å². The first kappa shape index (κ1) is 13.9. The monoisotopic (exact) mass is 271 g/mol. The molecule has 0 atom stereocenters. The lowest BCUT2D eigenvalue weighted by Crippen LogP contribution is -2.02. The van der Waals surface area contributed by atoms with Crippen LogP contribution in [0, 0.1) is 13.8 Å². The molecule has 0 bridgehead atoms. The maximum atomic E-state index is 10.9. The van der Waals surface area contributed by atoms with Gasteiger partial charge in [-0.25, -0.2) is 4.79 Å². The lowest BCUT2D eigenvalue weighted by Gasteiger charge is -2.11. The molecule has 0 aliphatic rings. The number of anilines is 1. The molecule has 0 aliphatic carbocycles. The molecule has 0 unspecified atom stereocenters. The largest absolute Gasteiger partial charge is 0.487 e. The summed E-state index contributed by atoms with van der Waals surface area (Å²) < 4.78 is 5.64. The molecule has 2 aromatic carbocycles. The topological polar surface area (TPSA) is 72.5 Å². The van der Waals surface area contributed by atoms with Crippen LogP contribution in [0.5, 0.6) is 5.75 Å². The lowest BCUT2D eigenvalue weighted by atomic mass is 10.1. The lowest BCUT2D eigenvalue weighted by molar-refractivity contribution is 0.0696. The third-order valence-corrected chi connectivity index (χ3v) is 2.94. The summed E-state index contributed by atoms with van der Waals surface area (Å²) in [6.07, 6.45) is 0. The second-order valence-electron chi connectivity index (χ2n) is 4.84. The fraction of sp³-hybridized carbons (Fsp3) is 0.188. The van der Waals surface area contributed by atoms with Crippen LogP contribution in [0.15, 0.2) is 36.4 Å². The number of carbonyl (C=O) groups is 1. The molecule has 0 saturated heterocycles. The Hall–Kier alpha value is -2.49. The van der Waals surface area contributed by atoms with Crippen LogP contribution < -0.4 is 10.5 Å². The number of carboxylic acid groups (broad SMARTS) is 1. The number of nitrogen functional groups attached to an aromatic ring is 1. The van der Waals surface area contributed by atoms with E-state index >= 15 is 0 Å². The van der Waals surface area contributed by atoms with Gasteiger partial charge in [-0.1, -0.05) is 29.3 Å². The molecule has 0 aliphatic heterocycles. The normalized spacial score (nSPS) is 10.3. The Morgan fingerprint density at radius 3 is 2.40 bits per heavy atom. The Morgan fingerprint density at radius 2 is 1.80 bits per heavy atom. The van der Waals surface area contributed by atoms with E-state index in [4.69, 9.17) is 15.6 Å². The van der Waals surface area contributed by atoms with Gasteiger partial charge in [-0.2, -0.15) is 0 Å². The van der Waals surface area contributed by atoms with Gasteiger partial charge in [0.05, 0.1) is 11.3 Å². The van der Waals surface area contributed by atoms with Crippen LogP contribution in [0.2, 0.25) is 0 Å². The van der Waals surface area contributed by atoms with Crippen molar-refractivity contribution in [2.75, 3.05) is 5.73 Å². The molecule has 0 heterocycles. The van der Waals surface area contributed by atoms with Gasteiger partial charge in [0.1, 0.15) is 12.4 Å². The van der Waals surface area contributed by atoms with Crippen molar-refractivity contribution in [1.29, 1.82) is 0 Å². The van der Waals surface area contributed by atoms with Crippen LogP contribution in [0.3, 0.4) is 0 Å². The maximum absolute atomic E-state index is 10.9. The van der Waals surface area contributed by atoms with Crippen molar-refractivity contribution in [3.63, 3.8) is 0 Å². The SMILES string of the molecule is Cc1cc(C)cc(COc2cc(C(=O)O)ccc2N)c1. The Balaban J connectivity index is 2.18. The van der Waals surface area contributed by atoms with Crippen LogP contribution in [0.25, 0.3) is 0 Å². The molecule has 0 radical (unpaired) electrons. The highest BCUT2D eigenvalue weighted by Gasteiger charge is 2.08. The Labute approximate surface area is 117 Å². The second-order valence-corrected chi connectivity index (χ2v) is 4.84. The van der Waals surface area contributed by atoms with Crippen molar-refractivity contribution in [1.82, 2.24) is 0 Å². The van der Waals surface area contributed by atoms with Crippen molar-refractivity contribution < 1.29 is 14.6 Å². The first-order valence-electron chi connectivity index (χ1n) is 6.28. The summed E-state index contributed by atoms with van der Waals surface area (Å²) >= 11 is 0. The Morgan fingerprint density at radius 1 is 1.15 bits per heavy atom. The third-order valence-electron chi connectivity index (χ3n) is 2.94. The molecule has 4 heteroatoms. The number of aromatic carboxylic acids is 1. The van der Waals surface area contributed by atoms with Gasteiger partial charge in [0.25, 0.3) is 0 Å². The highest BCUT2D eigenvalue weighted by atomic mass is 16.5. The standard InChI is InChI=1S/C16H17NO3/c1-10-5-11(2)7-12(6-10)9-20-15-8-13(16(18)19)3-4-14(15)17/h3-8H,9,17H2,1-2H3,(H,18,19). The van der Waals surface area contributed by atoms with Gasteiger partial charge in [-0.3, -0.25) is 0 Å². The minimum Gasteiger partial charge on any atom is -0.487 e. The minimum atomic E-state index is -0.999. The van der Waals surface area contributed by atoms with Crippen molar-refractivity contribution in [2.45, 2.75) is 20.5 Å². The molecule has 0 fully saturated rings. The highest BCUT2D eigenvalue weighted by Crippen LogP contribution is 2.24. The average Bonchev–Trinajstić information content (AvgIpc) is 2.36. The van der Waals surface area contributed by atoms with Gasteiger partial charge in [-0.05, 0) is 37.6 Å². The molecular weight excluding hydrogens is 254 g/mol. The molecular formula is C16H17NO3. The summed E-state index contributed by atoms with van der Waals surface area (Å²) in [4.78, 5) is 10.9. The molecule has 4 nitrogen and oxygen atoms in total. The molecule has 20 heavy (non-hydrogen) atoms. The number of aryl methyl sites for hydroxylation is 2. The summed E-state index contributed by atoms with van der Waals surface area (Å²) in [5.74, 6) is -0.606. The summed E-state index contributed by atoms with van der Waals surface area (Å²) in [6, 6.07) is 10.6. The molecule has 0 spiro atoms. The molecule has 0 aromatic heterocycles. The van der Waals surface area contributed by atoms with Crippen LogP contribution in [0.1, 0.15) is 27.0 Å². The van der Waals surface area contributed by atoms with E-state index in [9.17, 15) is 4.79 Å². The van der Waals surface area contributed by atoms with Crippen molar-refractivity contribution in [3.05, 3.63) is 58.7 Å². The van der Waals surface area contributed by atoms with Crippen LogP contribution in [-0.4, -0.2) is 11.1 Å². The van der Waals surface area contributed by atoms with E-state index in [1.807, 2.05) is 26.0 Å². The fourth-order valence-corrected chi connectivity index (χ4v) is 2.11. The highest BCUT2D eigenvalue weighted by molar-refractivity contribution is 5.89. The van der Waals surface area contributed by atoms with E-state index in [0.29, 0.717) is 18.0 Å². The molecule has 2 rings (SSSR count). The van der Waals surface area contributed by atoms with Gasteiger partial charge in [0.15, 0.2) is 0 Å². The predicted octanol–water partition coefficient (Wildman–Crippen LogP) is 3.16. The predicted molar refractivity (Wildman–Crippen MR) is 78.1 cm³/mol. The summed E-state index contributed by atoms with van der Waals surface area (Å²) in [7, 11) is 0. The number of benzene rings is 2. The van der Waals surface area contributed by atoms with Gasteiger partial charge in [-0.15, -0.1) is 0 Å². The van der Waals surface area contributed by atoms with Gasteiger partial charge < -0.3 is 15.6 Å². The van der Waals surface area contributed by atoms with E-state index in [1.54, 1.807) is 6.07 Å². The van der Waals surface area contributed by atoms with Gasteiger partial charge >= 0.3 is 5.97 Å². The smallest absolute Gasteiger partial charge is 0.335 e. The van der Waals surface area contributed by atoms with Crippen LogP contribution >= 0.6 is 0 Å². The molecule has 2 aromatic rings. The molecule has 104 valence electrons. The summed E-state index contributed by atoms with van der Waals surface area (Å²) in [6.45, 7) is 4.40. The van der Waals surface area contributed by atoms with E-state index in [2.05, 4.69) is 6.07 Å². The number of hydrogen-bond acceptors (Lipinski definition) is 3. The van der Waals surface area contributed by atoms with Crippen molar-refractivity contribution in [3.8, 4) is 5.75 Å². The Bertz CT molecular complexity index is 630. The minimum absolute atomic E-state index is 0.162. The Kier molecular flexibility index (Phi) is 3.94. The van der Waals surface area contributed by atoms with E-state index in [-0.39, 0.29) is 5.56 Å². The first-order chi connectivity index (χ1) is 9.45. The molecule has 3 N–H and O–H groups in total. The maximum Gasteiger partial charge on any atom is 0.335 e. The number of ether oxygens (including phenoxy) is 1. The zero-order valence-corrected chi connectivity index (χ0v) is 11.5. The first-order valence-corrected chi connectivity index (χ1v) is 6.28. The zero-order chi connectivity index (χ0) is 14.7. The van der Waals surface area contributed by atoms with Crippen molar-refractivity contribution >= 4 is 11.7 Å². The summed E-state index contributed by atoms with van der Waals surface area (Å²) in [5, 5.41) is 8.96. The van der Waals surface area contributed by atoms with E-state index in [0.717, 1.165) is 16.7 Å². The third kappa shape index (κ3) is 3.29. The summed E-state index contributed by atoms with van der Waals surface area (Å²) in [5.41, 5.74) is 9.74. The fourth-order valence-electron chi connectivity index (χ4n) is 2.11. The average molecular weight is 271 g/mol. The molecule has 0 amide bonds. The van der Waals surface area contributed by atoms with Crippen LogP contribution in [0.4, 0.5) is 5.69 Å². The second kappa shape index (κ2) is 5.65. The van der Waals surface area contributed by atoms with E-state index < -0.39 is 5.97 Å². The van der Waals surface area contributed by atoms with Crippen molar-refractivity contribution in [2.24, 2.45) is 0 Å². The van der Waals surface area contributed by atoms with E-state index in [1.165, 1.54) is 12.1 Å². The van der Waals surface area contributed by atoms with Crippen LogP contribution in [-0.2, 0) is 6.61 Å². The zero-order valence-electron chi connectivity index (χ0n) is 11.5. The number of rotatable bonds is 4. The number of nitrogens with two attached hydrogens (primary N) is 1. The number of hydrogen-bond donors (Lipinski definition) is 2. The molecule has 0 saturated carbocycles. The van der Waals surface area contributed by atoms with Gasteiger partial charge in [0.2, 0.25) is 0 Å². The quantitative estimate of drug-likeness (QED) is 0.838. The number of carboxylic acids is 1.